The number of hydrogen-bond donors (Lipinski definition) is 2. The molecule has 0 aliphatic heterocycles. The third-order valence-electron chi connectivity index (χ3n) is 4.28. The largest absolute Gasteiger partial charge is 0.462 e. The Morgan fingerprint density at radius 3 is 2.85 bits per heavy atom. The maximum atomic E-state index is 12.8. The Morgan fingerprint density at radius 2 is 2.12 bits per heavy atom. The zero-order valence-electron chi connectivity index (χ0n) is 15.2. The minimum atomic E-state index is -0.364. The van der Waals surface area contributed by atoms with Crippen molar-refractivity contribution in [1.82, 2.24) is 8.96 Å². The van der Waals surface area contributed by atoms with Crippen molar-refractivity contribution in [1.29, 1.82) is 0 Å². The first-order valence-corrected chi connectivity index (χ1v) is 9.13. The fourth-order valence-corrected chi connectivity index (χ4v) is 3.19. The summed E-state index contributed by atoms with van der Waals surface area (Å²) in [6.07, 6.45) is 3.49. The number of carbonyl (C=O) groups excluding carboxylic acids is 1. The van der Waals surface area contributed by atoms with E-state index in [1.807, 2.05) is 32.0 Å². The normalized spacial score (nSPS) is 10.9. The highest BCUT2D eigenvalue weighted by Crippen LogP contribution is 2.33. The number of anilines is 2. The van der Waals surface area contributed by atoms with E-state index in [0.29, 0.717) is 23.6 Å². The van der Waals surface area contributed by atoms with Crippen LogP contribution in [0.3, 0.4) is 0 Å². The fourth-order valence-electron chi connectivity index (χ4n) is 2.89. The Hall–Kier alpha value is -2.47. The zero-order chi connectivity index (χ0) is 18.7. The van der Waals surface area contributed by atoms with Gasteiger partial charge in [0, 0.05) is 17.3 Å². The van der Waals surface area contributed by atoms with Crippen LogP contribution in [0.1, 0.15) is 41.3 Å². The summed E-state index contributed by atoms with van der Waals surface area (Å²) in [6, 6.07) is 9.78. The van der Waals surface area contributed by atoms with Gasteiger partial charge >= 0.3 is 5.97 Å². The summed E-state index contributed by atoms with van der Waals surface area (Å²) >= 11 is 4.56. The van der Waals surface area contributed by atoms with Gasteiger partial charge in [-0.2, -0.15) is 0 Å². The molecule has 0 spiro atoms. The average Bonchev–Trinajstić information content (AvgIpc) is 2.90. The van der Waals surface area contributed by atoms with Crippen molar-refractivity contribution in [3.63, 3.8) is 0 Å². The molecule has 136 valence electrons. The molecule has 2 heterocycles. The van der Waals surface area contributed by atoms with E-state index in [4.69, 9.17) is 4.74 Å². The summed E-state index contributed by atoms with van der Waals surface area (Å²) < 4.78 is 7.07. The fraction of sp³-hybridized carbons (Fsp3) is 0.300. The van der Waals surface area contributed by atoms with Crippen molar-refractivity contribution in [3.8, 4) is 0 Å². The molecule has 26 heavy (non-hydrogen) atoms. The number of benzene rings is 1. The van der Waals surface area contributed by atoms with Crippen molar-refractivity contribution in [3.05, 3.63) is 53.2 Å². The maximum Gasteiger partial charge on any atom is 0.342 e. The third kappa shape index (κ3) is 3.55. The number of nitrogens with one attached hydrogen (secondary N) is 1. The van der Waals surface area contributed by atoms with Gasteiger partial charge in [-0.1, -0.05) is 43.9 Å². The number of thiol groups is 1. The van der Waals surface area contributed by atoms with Gasteiger partial charge in [0.15, 0.2) is 5.65 Å². The monoisotopic (exact) mass is 369 g/mol. The number of esters is 1. The van der Waals surface area contributed by atoms with Crippen LogP contribution >= 0.6 is 12.8 Å². The Kier molecular flexibility index (Phi) is 5.52. The molecule has 0 amide bonds. The standard InChI is InChI=1S/C20H23N3O2S/c1-4-5-11-25-20(24)17-15-7-6-10-21-18(15)23(26)19(17)22-16-9-8-13(2)12-14(16)3/h6-10,12,22,26H,4-5,11H2,1-3H3. The molecule has 0 atom stereocenters. The lowest BCUT2D eigenvalue weighted by Crippen LogP contribution is -2.09. The summed E-state index contributed by atoms with van der Waals surface area (Å²) in [7, 11) is 0. The van der Waals surface area contributed by atoms with E-state index < -0.39 is 0 Å². The van der Waals surface area contributed by atoms with Gasteiger partial charge in [-0.05, 0) is 44.0 Å². The molecule has 0 fully saturated rings. The van der Waals surface area contributed by atoms with Gasteiger partial charge in [-0.3, -0.25) is 3.97 Å². The van der Waals surface area contributed by atoms with Crippen LogP contribution < -0.4 is 5.32 Å². The quantitative estimate of drug-likeness (QED) is 0.363. The highest BCUT2D eigenvalue weighted by molar-refractivity contribution is 7.79. The Balaban J connectivity index is 2.06. The number of pyridine rings is 1. The van der Waals surface area contributed by atoms with Crippen molar-refractivity contribution in [2.24, 2.45) is 0 Å². The number of aryl methyl sites for hydroxylation is 2. The first-order valence-electron chi connectivity index (χ1n) is 8.73. The average molecular weight is 369 g/mol. The third-order valence-corrected chi connectivity index (χ3v) is 4.66. The number of hydrogen-bond acceptors (Lipinski definition) is 5. The topological polar surface area (TPSA) is 56.1 Å². The van der Waals surface area contributed by atoms with Crippen LogP contribution in [0.2, 0.25) is 0 Å². The molecule has 0 saturated carbocycles. The predicted octanol–water partition coefficient (Wildman–Crippen LogP) is 5.05. The lowest BCUT2D eigenvalue weighted by Gasteiger charge is -2.13. The smallest absolute Gasteiger partial charge is 0.342 e. The van der Waals surface area contributed by atoms with Gasteiger partial charge in [0.2, 0.25) is 0 Å². The van der Waals surface area contributed by atoms with E-state index in [9.17, 15) is 4.79 Å². The second-order valence-corrected chi connectivity index (χ2v) is 6.74. The molecule has 0 radical (unpaired) electrons. The van der Waals surface area contributed by atoms with E-state index in [-0.39, 0.29) is 5.97 Å². The zero-order valence-corrected chi connectivity index (χ0v) is 16.1. The van der Waals surface area contributed by atoms with E-state index in [2.05, 4.69) is 36.1 Å². The van der Waals surface area contributed by atoms with Crippen molar-refractivity contribution in [2.75, 3.05) is 11.9 Å². The molecule has 3 rings (SSSR count). The molecule has 5 nitrogen and oxygen atoms in total. The van der Waals surface area contributed by atoms with Crippen LogP contribution in [0.25, 0.3) is 11.0 Å². The molecular weight excluding hydrogens is 346 g/mol. The number of aromatic nitrogens is 2. The molecule has 0 unspecified atom stereocenters. The van der Waals surface area contributed by atoms with Gasteiger partial charge in [-0.15, -0.1) is 0 Å². The number of rotatable bonds is 6. The predicted molar refractivity (Wildman–Crippen MR) is 109 cm³/mol. The summed E-state index contributed by atoms with van der Waals surface area (Å²) in [6.45, 7) is 6.54. The highest BCUT2D eigenvalue weighted by atomic mass is 32.1. The minimum Gasteiger partial charge on any atom is -0.462 e. The molecular formula is C20H23N3O2S. The Morgan fingerprint density at radius 1 is 1.31 bits per heavy atom. The summed E-state index contributed by atoms with van der Waals surface area (Å²) in [5.41, 5.74) is 4.25. The second kappa shape index (κ2) is 7.83. The molecule has 1 N–H and O–H groups in total. The molecule has 6 heteroatoms. The van der Waals surface area contributed by atoms with Crippen LogP contribution in [0.5, 0.6) is 0 Å². The van der Waals surface area contributed by atoms with Crippen LogP contribution in [-0.2, 0) is 4.74 Å². The lowest BCUT2D eigenvalue weighted by molar-refractivity contribution is 0.0503. The number of unbranched alkanes of at least 4 members (excludes halogenated alkanes) is 1. The molecule has 3 aromatic rings. The Bertz CT molecular complexity index is 950. The van der Waals surface area contributed by atoms with Gasteiger partial charge in [0.25, 0.3) is 0 Å². The van der Waals surface area contributed by atoms with Crippen LogP contribution in [-0.4, -0.2) is 21.5 Å². The van der Waals surface area contributed by atoms with Crippen molar-refractivity contribution >= 4 is 41.3 Å². The van der Waals surface area contributed by atoms with Gasteiger partial charge in [0.1, 0.15) is 11.4 Å². The number of ether oxygens (including phenoxy) is 1. The maximum absolute atomic E-state index is 12.8. The summed E-state index contributed by atoms with van der Waals surface area (Å²) in [4.78, 5) is 17.1. The Labute approximate surface area is 158 Å². The number of nitrogens with zero attached hydrogens (tertiary/aromatic N) is 2. The van der Waals surface area contributed by atoms with Gasteiger partial charge in [-0.25, -0.2) is 9.78 Å². The van der Waals surface area contributed by atoms with Crippen LogP contribution in [0.4, 0.5) is 11.5 Å². The van der Waals surface area contributed by atoms with E-state index in [1.54, 1.807) is 16.2 Å². The minimum absolute atomic E-state index is 0.364. The highest BCUT2D eigenvalue weighted by Gasteiger charge is 2.24. The molecule has 0 bridgehead atoms. The second-order valence-electron chi connectivity index (χ2n) is 6.34. The first kappa shape index (κ1) is 18.3. The van der Waals surface area contributed by atoms with Crippen LogP contribution in [0.15, 0.2) is 36.5 Å². The SMILES string of the molecule is CCCCOC(=O)c1c(Nc2ccc(C)cc2C)n(S)c2ncccc12. The summed E-state index contributed by atoms with van der Waals surface area (Å²) in [5, 5.41) is 4.06. The molecule has 0 aliphatic rings. The summed E-state index contributed by atoms with van der Waals surface area (Å²) in [5.74, 6) is 0.201. The molecule has 2 aromatic heterocycles. The van der Waals surface area contributed by atoms with Crippen molar-refractivity contribution < 1.29 is 9.53 Å². The molecule has 0 aliphatic carbocycles. The van der Waals surface area contributed by atoms with Crippen LogP contribution in [0, 0.1) is 13.8 Å². The van der Waals surface area contributed by atoms with Gasteiger partial charge in [0.05, 0.1) is 6.61 Å². The van der Waals surface area contributed by atoms with Crippen molar-refractivity contribution in [2.45, 2.75) is 33.6 Å². The van der Waals surface area contributed by atoms with E-state index >= 15 is 0 Å². The molecule has 1 aromatic carbocycles. The van der Waals surface area contributed by atoms with E-state index in [0.717, 1.165) is 29.5 Å². The number of fused-ring (bicyclic) bond motifs is 1. The van der Waals surface area contributed by atoms with Gasteiger partial charge < -0.3 is 10.1 Å². The van der Waals surface area contributed by atoms with E-state index in [1.165, 1.54) is 5.56 Å². The lowest BCUT2D eigenvalue weighted by atomic mass is 10.1. The first-order chi connectivity index (χ1) is 12.5. The number of carbonyl (C=O) groups is 1. The molecule has 0 saturated heterocycles.